The molecule has 0 amide bonds. The monoisotopic (exact) mass is 332 g/mol. The largest absolute Gasteiger partial charge is 0.491 e. The summed E-state index contributed by atoms with van der Waals surface area (Å²) in [7, 11) is 0. The van der Waals surface area contributed by atoms with Crippen LogP contribution in [0.2, 0.25) is 0 Å². The summed E-state index contributed by atoms with van der Waals surface area (Å²) in [5.41, 5.74) is 1.17. The topological polar surface area (TPSA) is 34.1 Å². The molecule has 1 fully saturated rings. The van der Waals surface area contributed by atoms with Gasteiger partial charge >= 0.3 is 0 Å². The minimum absolute atomic E-state index is 0.154. The van der Waals surface area contributed by atoms with E-state index >= 15 is 0 Å². The minimum Gasteiger partial charge on any atom is -0.491 e. The van der Waals surface area contributed by atoms with Gasteiger partial charge in [-0.3, -0.25) is 9.89 Å². The van der Waals surface area contributed by atoms with Crippen LogP contribution in [-0.4, -0.2) is 49.7 Å². The Bertz CT molecular complexity index is 518. The van der Waals surface area contributed by atoms with Crippen LogP contribution in [-0.2, 0) is 4.74 Å². The van der Waals surface area contributed by atoms with Crippen LogP contribution < -0.4 is 4.74 Å². The first-order valence-electron chi connectivity index (χ1n) is 9.12. The molecule has 0 bridgehead atoms. The van der Waals surface area contributed by atoms with E-state index in [4.69, 9.17) is 9.47 Å². The van der Waals surface area contributed by atoms with Gasteiger partial charge in [0.1, 0.15) is 24.7 Å². The summed E-state index contributed by atoms with van der Waals surface area (Å²) in [6, 6.07) is 8.14. The van der Waals surface area contributed by atoms with Crippen LogP contribution in [0.1, 0.15) is 39.2 Å². The Labute approximate surface area is 146 Å². The van der Waals surface area contributed by atoms with Gasteiger partial charge < -0.3 is 9.47 Å². The summed E-state index contributed by atoms with van der Waals surface area (Å²) in [5, 5.41) is 0. The first kappa shape index (κ1) is 18.9. The smallest absolute Gasteiger partial charge is 0.122 e. The molecule has 4 heteroatoms. The SMILES string of the molecule is CC=NCC(C)CCCN1CC(COc2ccccc2C)OC1C. The summed E-state index contributed by atoms with van der Waals surface area (Å²) in [5.74, 6) is 1.61. The molecule has 1 saturated heterocycles. The lowest BCUT2D eigenvalue weighted by molar-refractivity contribution is -0.00276. The highest BCUT2D eigenvalue weighted by Crippen LogP contribution is 2.21. The Morgan fingerprint density at radius 2 is 2.21 bits per heavy atom. The number of aryl methyl sites for hydroxylation is 1. The Kier molecular flexibility index (Phi) is 7.73. The summed E-state index contributed by atoms with van der Waals surface area (Å²) >= 11 is 0. The first-order valence-corrected chi connectivity index (χ1v) is 9.12. The molecule has 1 heterocycles. The average Bonchev–Trinajstić information content (AvgIpc) is 2.92. The highest BCUT2D eigenvalue weighted by atomic mass is 16.6. The molecule has 0 radical (unpaired) electrons. The third-order valence-corrected chi connectivity index (χ3v) is 4.60. The number of hydrogen-bond acceptors (Lipinski definition) is 4. The lowest BCUT2D eigenvalue weighted by Gasteiger charge is -2.19. The minimum atomic E-state index is 0.154. The van der Waals surface area contributed by atoms with Gasteiger partial charge in [-0.15, -0.1) is 0 Å². The van der Waals surface area contributed by atoms with Gasteiger partial charge in [-0.05, 0) is 57.4 Å². The Morgan fingerprint density at radius 1 is 1.42 bits per heavy atom. The molecule has 0 saturated carbocycles. The van der Waals surface area contributed by atoms with Crippen LogP contribution in [0.4, 0.5) is 0 Å². The van der Waals surface area contributed by atoms with Crippen LogP contribution in [0.15, 0.2) is 29.3 Å². The van der Waals surface area contributed by atoms with Crippen molar-refractivity contribution in [1.82, 2.24) is 4.90 Å². The number of nitrogens with zero attached hydrogens (tertiary/aromatic N) is 2. The molecular weight excluding hydrogens is 300 g/mol. The Morgan fingerprint density at radius 3 is 2.96 bits per heavy atom. The van der Waals surface area contributed by atoms with Gasteiger partial charge in [0.05, 0.1) is 0 Å². The summed E-state index contributed by atoms with van der Waals surface area (Å²) in [6.07, 6.45) is 4.64. The van der Waals surface area contributed by atoms with Crippen molar-refractivity contribution in [2.45, 2.75) is 52.9 Å². The van der Waals surface area contributed by atoms with Crippen molar-refractivity contribution in [3.63, 3.8) is 0 Å². The molecule has 1 aromatic rings. The van der Waals surface area contributed by atoms with E-state index in [1.54, 1.807) is 0 Å². The van der Waals surface area contributed by atoms with Gasteiger partial charge in [0, 0.05) is 19.6 Å². The van der Waals surface area contributed by atoms with Crippen LogP contribution in [0.5, 0.6) is 5.75 Å². The second-order valence-corrected chi connectivity index (χ2v) is 6.80. The highest BCUT2D eigenvalue weighted by Gasteiger charge is 2.29. The maximum Gasteiger partial charge on any atom is 0.122 e. The quantitative estimate of drug-likeness (QED) is 0.643. The van der Waals surface area contributed by atoms with Crippen molar-refractivity contribution in [3.8, 4) is 5.75 Å². The number of hydrogen-bond donors (Lipinski definition) is 0. The molecule has 0 N–H and O–H groups in total. The molecule has 1 aromatic carbocycles. The molecular formula is C20H32N2O2. The third-order valence-electron chi connectivity index (χ3n) is 4.60. The van der Waals surface area contributed by atoms with Crippen molar-refractivity contribution in [3.05, 3.63) is 29.8 Å². The second-order valence-electron chi connectivity index (χ2n) is 6.80. The van der Waals surface area contributed by atoms with Crippen molar-refractivity contribution in [1.29, 1.82) is 0 Å². The Hall–Kier alpha value is -1.39. The van der Waals surface area contributed by atoms with E-state index < -0.39 is 0 Å². The van der Waals surface area contributed by atoms with Crippen LogP contribution in [0.3, 0.4) is 0 Å². The van der Waals surface area contributed by atoms with E-state index in [0.717, 1.165) is 25.4 Å². The molecule has 2 rings (SSSR count). The normalized spacial score (nSPS) is 23.0. The molecule has 3 atom stereocenters. The molecule has 4 nitrogen and oxygen atoms in total. The fourth-order valence-electron chi connectivity index (χ4n) is 3.10. The predicted octanol–water partition coefficient (Wildman–Crippen LogP) is 3.93. The first-order chi connectivity index (χ1) is 11.6. The molecule has 0 spiro atoms. The van der Waals surface area contributed by atoms with E-state index in [2.05, 4.69) is 36.7 Å². The van der Waals surface area contributed by atoms with Crippen LogP contribution >= 0.6 is 0 Å². The summed E-state index contributed by atoms with van der Waals surface area (Å²) in [6.45, 7) is 12.1. The van der Waals surface area contributed by atoms with Crippen LogP contribution in [0.25, 0.3) is 0 Å². The van der Waals surface area contributed by atoms with Crippen molar-refractivity contribution >= 4 is 6.21 Å². The lowest BCUT2D eigenvalue weighted by atomic mass is 10.1. The zero-order chi connectivity index (χ0) is 17.4. The van der Waals surface area contributed by atoms with Gasteiger partial charge in [-0.2, -0.15) is 0 Å². The van der Waals surface area contributed by atoms with Gasteiger partial charge in [0.2, 0.25) is 0 Å². The maximum atomic E-state index is 6.04. The average molecular weight is 332 g/mol. The summed E-state index contributed by atoms with van der Waals surface area (Å²) in [4.78, 5) is 6.75. The van der Waals surface area contributed by atoms with Crippen LogP contribution in [0, 0.1) is 12.8 Å². The van der Waals surface area contributed by atoms with Gasteiger partial charge in [0.25, 0.3) is 0 Å². The predicted molar refractivity (Wildman–Crippen MR) is 100 cm³/mol. The fraction of sp³-hybridized carbons (Fsp3) is 0.650. The van der Waals surface area contributed by atoms with E-state index in [1.807, 2.05) is 31.3 Å². The second kappa shape index (κ2) is 9.80. The zero-order valence-corrected chi connectivity index (χ0v) is 15.6. The molecule has 134 valence electrons. The Balaban J connectivity index is 1.69. The zero-order valence-electron chi connectivity index (χ0n) is 15.6. The standard InChI is InChI=1S/C20H32N2O2/c1-5-21-13-16(2)9-8-12-22-14-19(24-18(22)4)15-23-20-11-7-6-10-17(20)3/h5-7,10-11,16,18-19H,8-9,12-15H2,1-4H3. The van der Waals surface area contributed by atoms with E-state index in [1.165, 1.54) is 18.4 Å². The number of para-hydroxylation sites is 1. The summed E-state index contributed by atoms with van der Waals surface area (Å²) < 4.78 is 12.0. The van der Waals surface area contributed by atoms with Crippen molar-refractivity contribution in [2.24, 2.45) is 10.9 Å². The molecule has 1 aliphatic heterocycles. The number of rotatable bonds is 9. The van der Waals surface area contributed by atoms with E-state index in [0.29, 0.717) is 12.5 Å². The molecule has 0 aromatic heterocycles. The van der Waals surface area contributed by atoms with E-state index in [9.17, 15) is 0 Å². The molecule has 0 aliphatic carbocycles. The number of benzene rings is 1. The van der Waals surface area contributed by atoms with Gasteiger partial charge in [-0.1, -0.05) is 25.1 Å². The van der Waals surface area contributed by atoms with Gasteiger partial charge in [0.15, 0.2) is 0 Å². The lowest BCUT2D eigenvalue weighted by Crippen LogP contribution is -2.30. The third kappa shape index (κ3) is 5.91. The fourth-order valence-corrected chi connectivity index (χ4v) is 3.10. The number of aliphatic imine (C=N–C) groups is 1. The number of ether oxygens (including phenoxy) is 2. The molecule has 3 unspecified atom stereocenters. The highest BCUT2D eigenvalue weighted by molar-refractivity contribution is 5.53. The van der Waals surface area contributed by atoms with Crippen molar-refractivity contribution in [2.75, 3.05) is 26.2 Å². The van der Waals surface area contributed by atoms with Gasteiger partial charge in [-0.25, -0.2) is 0 Å². The van der Waals surface area contributed by atoms with Crippen molar-refractivity contribution < 1.29 is 9.47 Å². The maximum absolute atomic E-state index is 6.04. The molecule has 24 heavy (non-hydrogen) atoms. The van der Waals surface area contributed by atoms with E-state index in [-0.39, 0.29) is 12.3 Å². The molecule has 1 aliphatic rings.